The van der Waals surface area contributed by atoms with Crippen LogP contribution < -0.4 is 10.1 Å². The fourth-order valence-electron chi connectivity index (χ4n) is 2.13. The summed E-state index contributed by atoms with van der Waals surface area (Å²) in [4.78, 5) is 19.3. The van der Waals surface area contributed by atoms with E-state index in [1.807, 2.05) is 13.8 Å². The van der Waals surface area contributed by atoms with Gasteiger partial charge in [0.15, 0.2) is 5.82 Å². The largest absolute Gasteiger partial charge is 0.473 e. The van der Waals surface area contributed by atoms with Crippen LogP contribution in [0.25, 0.3) is 0 Å². The maximum absolute atomic E-state index is 11.3. The molecule has 0 amide bonds. The van der Waals surface area contributed by atoms with Gasteiger partial charge in [0.05, 0.1) is 11.5 Å². The zero-order valence-corrected chi connectivity index (χ0v) is 12.3. The molecule has 8 nitrogen and oxygen atoms in total. The van der Waals surface area contributed by atoms with Crippen LogP contribution in [0, 0.1) is 10.1 Å². The van der Waals surface area contributed by atoms with Gasteiger partial charge in [-0.2, -0.15) is 4.98 Å². The molecule has 1 aliphatic heterocycles. The second kappa shape index (κ2) is 7.16. The molecular formula is C13H20N4O4. The number of nitro groups is 1. The molecule has 21 heavy (non-hydrogen) atoms. The van der Waals surface area contributed by atoms with Gasteiger partial charge in [0.2, 0.25) is 5.82 Å². The van der Waals surface area contributed by atoms with Crippen LogP contribution in [0.3, 0.4) is 0 Å². The SMILES string of the molecule is CCCOc1nc(C2CCCO2)nc(NCC)c1[N+](=O)[O-]. The predicted molar refractivity (Wildman–Crippen MR) is 76.6 cm³/mol. The van der Waals surface area contributed by atoms with E-state index in [1.54, 1.807) is 0 Å². The molecule has 1 aromatic rings. The van der Waals surface area contributed by atoms with E-state index in [9.17, 15) is 10.1 Å². The number of rotatable bonds is 7. The molecule has 116 valence electrons. The van der Waals surface area contributed by atoms with Gasteiger partial charge in [-0.05, 0) is 26.2 Å². The van der Waals surface area contributed by atoms with Crippen LogP contribution >= 0.6 is 0 Å². The van der Waals surface area contributed by atoms with Gasteiger partial charge >= 0.3 is 5.69 Å². The van der Waals surface area contributed by atoms with Crippen molar-refractivity contribution in [1.82, 2.24) is 9.97 Å². The third kappa shape index (κ3) is 3.57. The number of anilines is 1. The average Bonchev–Trinajstić information content (AvgIpc) is 2.98. The monoisotopic (exact) mass is 296 g/mol. The van der Waals surface area contributed by atoms with E-state index in [2.05, 4.69) is 15.3 Å². The van der Waals surface area contributed by atoms with E-state index in [0.717, 1.165) is 19.3 Å². The van der Waals surface area contributed by atoms with Crippen molar-refractivity contribution in [2.75, 3.05) is 25.1 Å². The highest BCUT2D eigenvalue weighted by molar-refractivity contribution is 5.61. The fraction of sp³-hybridized carbons (Fsp3) is 0.692. The van der Waals surface area contributed by atoms with Gasteiger partial charge < -0.3 is 14.8 Å². The highest BCUT2D eigenvalue weighted by Crippen LogP contribution is 2.35. The summed E-state index contributed by atoms with van der Waals surface area (Å²) in [6.07, 6.45) is 2.28. The molecule has 1 atom stereocenters. The van der Waals surface area contributed by atoms with Gasteiger partial charge in [-0.3, -0.25) is 10.1 Å². The van der Waals surface area contributed by atoms with Crippen LogP contribution in [-0.4, -0.2) is 34.6 Å². The number of hydrogen-bond acceptors (Lipinski definition) is 7. The van der Waals surface area contributed by atoms with Crippen LogP contribution in [0.15, 0.2) is 0 Å². The summed E-state index contributed by atoms with van der Waals surface area (Å²) in [5.74, 6) is 0.646. The standard InChI is InChI=1S/C13H20N4O4/c1-3-7-21-13-10(17(18)19)12(14-4-2)15-11(16-13)9-6-5-8-20-9/h9H,3-8H2,1-2H3,(H,14,15,16). The summed E-state index contributed by atoms with van der Waals surface area (Å²) in [5.41, 5.74) is -0.216. The molecular weight excluding hydrogens is 276 g/mol. The predicted octanol–water partition coefficient (Wildman–Crippen LogP) is 2.46. The van der Waals surface area contributed by atoms with Crippen molar-refractivity contribution in [3.8, 4) is 5.88 Å². The minimum atomic E-state index is -0.512. The molecule has 1 unspecified atom stereocenters. The normalized spacial score (nSPS) is 17.7. The Balaban J connectivity index is 2.43. The maximum Gasteiger partial charge on any atom is 0.372 e. The zero-order chi connectivity index (χ0) is 15.2. The van der Waals surface area contributed by atoms with Gasteiger partial charge in [0.25, 0.3) is 5.88 Å². The molecule has 1 saturated heterocycles. The highest BCUT2D eigenvalue weighted by atomic mass is 16.6. The van der Waals surface area contributed by atoms with Gasteiger partial charge in [-0.1, -0.05) is 6.92 Å². The van der Waals surface area contributed by atoms with Crippen molar-refractivity contribution in [1.29, 1.82) is 0 Å². The van der Waals surface area contributed by atoms with E-state index in [0.29, 0.717) is 25.6 Å². The molecule has 1 fully saturated rings. The Labute approximate surface area is 123 Å². The first kappa shape index (κ1) is 15.4. The Hall–Kier alpha value is -1.96. The smallest absolute Gasteiger partial charge is 0.372 e. The summed E-state index contributed by atoms with van der Waals surface area (Å²) in [6.45, 7) is 5.33. The highest BCUT2D eigenvalue weighted by Gasteiger charge is 2.30. The maximum atomic E-state index is 11.3. The average molecular weight is 296 g/mol. The van der Waals surface area contributed by atoms with Gasteiger partial charge in [-0.15, -0.1) is 0 Å². The van der Waals surface area contributed by atoms with E-state index < -0.39 is 4.92 Å². The second-order valence-electron chi connectivity index (χ2n) is 4.72. The van der Waals surface area contributed by atoms with E-state index in [-0.39, 0.29) is 23.5 Å². The molecule has 2 rings (SSSR count). The minimum absolute atomic E-state index is 0.0123. The topological polar surface area (TPSA) is 99.4 Å². The third-order valence-electron chi connectivity index (χ3n) is 3.06. The van der Waals surface area contributed by atoms with Crippen LogP contribution in [-0.2, 0) is 4.74 Å². The molecule has 0 radical (unpaired) electrons. The van der Waals surface area contributed by atoms with Crippen LogP contribution in [0.2, 0.25) is 0 Å². The Kier molecular flexibility index (Phi) is 5.26. The summed E-state index contributed by atoms with van der Waals surface area (Å²) < 4.78 is 11.0. The first-order valence-electron chi connectivity index (χ1n) is 7.22. The summed E-state index contributed by atoms with van der Waals surface area (Å²) in [6, 6.07) is 0. The van der Waals surface area contributed by atoms with E-state index in [1.165, 1.54) is 0 Å². The van der Waals surface area contributed by atoms with Gasteiger partial charge in [0.1, 0.15) is 6.10 Å². The molecule has 8 heteroatoms. The van der Waals surface area contributed by atoms with Gasteiger partial charge in [-0.25, -0.2) is 4.98 Å². The van der Waals surface area contributed by atoms with Crippen LogP contribution in [0.5, 0.6) is 5.88 Å². The lowest BCUT2D eigenvalue weighted by Crippen LogP contribution is -2.13. The molecule has 0 bridgehead atoms. The minimum Gasteiger partial charge on any atom is -0.473 e. The van der Waals surface area contributed by atoms with Crippen molar-refractivity contribution >= 4 is 11.5 Å². The molecule has 0 aliphatic carbocycles. The summed E-state index contributed by atoms with van der Waals surface area (Å²) in [7, 11) is 0. The quantitative estimate of drug-likeness (QED) is 0.609. The zero-order valence-electron chi connectivity index (χ0n) is 12.3. The molecule has 0 spiro atoms. The lowest BCUT2D eigenvalue weighted by molar-refractivity contribution is -0.385. The van der Waals surface area contributed by atoms with Crippen molar-refractivity contribution in [3.05, 3.63) is 15.9 Å². The Bertz CT molecular complexity index is 503. The fourth-order valence-corrected chi connectivity index (χ4v) is 2.13. The number of ether oxygens (including phenoxy) is 2. The summed E-state index contributed by atoms with van der Waals surface area (Å²) in [5, 5.41) is 14.2. The third-order valence-corrected chi connectivity index (χ3v) is 3.06. The second-order valence-corrected chi connectivity index (χ2v) is 4.72. The van der Waals surface area contributed by atoms with E-state index >= 15 is 0 Å². The van der Waals surface area contributed by atoms with Crippen molar-refractivity contribution in [2.45, 2.75) is 39.2 Å². The lowest BCUT2D eigenvalue weighted by atomic mass is 10.2. The summed E-state index contributed by atoms with van der Waals surface area (Å²) >= 11 is 0. The molecule has 1 N–H and O–H groups in total. The van der Waals surface area contributed by atoms with Crippen molar-refractivity contribution in [2.24, 2.45) is 0 Å². The first-order valence-corrected chi connectivity index (χ1v) is 7.22. The molecule has 1 aliphatic rings. The molecule has 0 aromatic carbocycles. The lowest BCUT2D eigenvalue weighted by Gasteiger charge is -2.13. The number of nitrogens with one attached hydrogen (secondary N) is 1. The van der Waals surface area contributed by atoms with Crippen molar-refractivity contribution in [3.63, 3.8) is 0 Å². The molecule has 1 aromatic heterocycles. The number of hydrogen-bond donors (Lipinski definition) is 1. The van der Waals surface area contributed by atoms with Gasteiger partial charge in [0, 0.05) is 13.2 Å². The van der Waals surface area contributed by atoms with Crippen LogP contribution in [0.1, 0.15) is 45.0 Å². The first-order chi connectivity index (χ1) is 10.2. The van der Waals surface area contributed by atoms with E-state index in [4.69, 9.17) is 9.47 Å². The Morgan fingerprint density at radius 2 is 2.29 bits per heavy atom. The number of aromatic nitrogens is 2. The molecule has 0 saturated carbocycles. The number of nitrogens with zero attached hydrogens (tertiary/aromatic N) is 3. The molecule has 2 heterocycles. The Morgan fingerprint density at radius 3 is 2.86 bits per heavy atom. The Morgan fingerprint density at radius 1 is 1.48 bits per heavy atom. The van der Waals surface area contributed by atoms with Crippen molar-refractivity contribution < 1.29 is 14.4 Å². The van der Waals surface area contributed by atoms with Crippen LogP contribution in [0.4, 0.5) is 11.5 Å².